The highest BCUT2D eigenvalue weighted by atomic mass is 79.9. The highest BCUT2D eigenvalue weighted by molar-refractivity contribution is 9.10. The summed E-state index contributed by atoms with van der Waals surface area (Å²) in [5.74, 6) is -0.861. The number of carboxylic acid groups (broad SMARTS) is 1. The molecular weight excluding hydrogens is 222 g/mol. The maximum atomic E-state index is 10.3. The fourth-order valence-electron chi connectivity index (χ4n) is 0.937. The molecule has 1 aromatic heterocycles. The maximum absolute atomic E-state index is 10.3. The molecule has 0 aliphatic rings. The summed E-state index contributed by atoms with van der Waals surface area (Å²) < 4.78 is 0.867. The van der Waals surface area contributed by atoms with Gasteiger partial charge in [-0.3, -0.25) is 9.78 Å². The zero-order valence-corrected chi connectivity index (χ0v) is 8.13. The van der Waals surface area contributed by atoms with E-state index < -0.39 is 5.97 Å². The van der Waals surface area contributed by atoms with E-state index in [1.807, 2.05) is 13.0 Å². The minimum atomic E-state index is -0.861. The van der Waals surface area contributed by atoms with Crippen LogP contribution in [0.3, 0.4) is 0 Å². The predicted molar refractivity (Wildman–Crippen MR) is 48.0 cm³/mol. The molecule has 1 rings (SSSR count). The van der Waals surface area contributed by atoms with E-state index >= 15 is 0 Å². The summed E-state index contributed by atoms with van der Waals surface area (Å²) in [6.45, 7) is 1.83. The van der Waals surface area contributed by atoms with Gasteiger partial charge in [0.2, 0.25) is 0 Å². The topological polar surface area (TPSA) is 50.2 Å². The van der Waals surface area contributed by atoms with Crippen LogP contribution in [0.5, 0.6) is 0 Å². The molecule has 0 aliphatic carbocycles. The van der Waals surface area contributed by atoms with Crippen LogP contribution in [0, 0.1) is 6.92 Å². The van der Waals surface area contributed by atoms with Crippen molar-refractivity contribution in [2.45, 2.75) is 13.3 Å². The van der Waals surface area contributed by atoms with Crippen LogP contribution in [0.25, 0.3) is 0 Å². The standard InChI is InChI=1S/C8H8BrNO2/c1-5-2-6(9)3-7(10-5)4-8(11)12/h2-3H,4H2,1H3,(H,11,12). The van der Waals surface area contributed by atoms with Gasteiger partial charge in [-0.1, -0.05) is 15.9 Å². The van der Waals surface area contributed by atoms with Crippen molar-refractivity contribution < 1.29 is 9.90 Å². The average Bonchev–Trinajstić information content (AvgIpc) is 1.81. The molecule has 0 unspecified atom stereocenters. The summed E-state index contributed by atoms with van der Waals surface area (Å²) in [5.41, 5.74) is 1.40. The fraction of sp³-hybridized carbons (Fsp3) is 0.250. The van der Waals surface area contributed by atoms with Gasteiger partial charge in [-0.25, -0.2) is 0 Å². The molecule has 0 fully saturated rings. The highest BCUT2D eigenvalue weighted by Crippen LogP contribution is 2.12. The third-order valence-electron chi connectivity index (χ3n) is 1.30. The zero-order chi connectivity index (χ0) is 9.14. The van der Waals surface area contributed by atoms with Gasteiger partial charge in [0, 0.05) is 10.2 Å². The number of hydrogen-bond acceptors (Lipinski definition) is 2. The molecule has 0 radical (unpaired) electrons. The molecule has 0 amide bonds. The first kappa shape index (κ1) is 9.19. The third-order valence-corrected chi connectivity index (χ3v) is 1.76. The Morgan fingerprint density at radius 2 is 2.33 bits per heavy atom. The minimum absolute atomic E-state index is 0.0275. The number of carboxylic acids is 1. The monoisotopic (exact) mass is 229 g/mol. The van der Waals surface area contributed by atoms with E-state index in [1.165, 1.54) is 0 Å². The van der Waals surface area contributed by atoms with Gasteiger partial charge in [0.1, 0.15) is 0 Å². The molecule has 0 aromatic carbocycles. The Morgan fingerprint density at radius 1 is 1.67 bits per heavy atom. The van der Waals surface area contributed by atoms with Crippen molar-refractivity contribution in [1.29, 1.82) is 0 Å². The summed E-state index contributed by atoms with van der Waals surface area (Å²) in [4.78, 5) is 14.4. The predicted octanol–water partition coefficient (Wildman–Crippen LogP) is 1.78. The summed E-state index contributed by atoms with van der Waals surface area (Å²) >= 11 is 3.27. The van der Waals surface area contributed by atoms with Gasteiger partial charge >= 0.3 is 5.97 Å². The summed E-state index contributed by atoms with van der Waals surface area (Å²) in [6, 6.07) is 3.55. The maximum Gasteiger partial charge on any atom is 0.309 e. The van der Waals surface area contributed by atoms with E-state index in [-0.39, 0.29) is 6.42 Å². The summed E-state index contributed by atoms with van der Waals surface area (Å²) in [6.07, 6.45) is -0.0275. The van der Waals surface area contributed by atoms with Gasteiger partial charge in [-0.15, -0.1) is 0 Å². The Labute approximate surface area is 78.6 Å². The number of nitrogens with zero attached hydrogens (tertiary/aromatic N) is 1. The number of carbonyl (C=O) groups is 1. The second-order valence-corrected chi connectivity index (χ2v) is 3.40. The quantitative estimate of drug-likeness (QED) is 0.842. The lowest BCUT2D eigenvalue weighted by molar-refractivity contribution is -0.136. The van der Waals surface area contributed by atoms with Crippen LogP contribution in [0.15, 0.2) is 16.6 Å². The first-order valence-electron chi connectivity index (χ1n) is 3.43. The molecule has 0 atom stereocenters. The van der Waals surface area contributed by atoms with Gasteiger partial charge in [0.15, 0.2) is 0 Å². The molecule has 0 bridgehead atoms. The number of aliphatic carboxylic acids is 1. The first-order valence-corrected chi connectivity index (χ1v) is 4.22. The Morgan fingerprint density at radius 3 is 2.83 bits per heavy atom. The van der Waals surface area contributed by atoms with Crippen LogP contribution in [0.2, 0.25) is 0 Å². The second kappa shape index (κ2) is 3.67. The van der Waals surface area contributed by atoms with E-state index in [1.54, 1.807) is 6.07 Å². The van der Waals surface area contributed by atoms with Crippen LogP contribution in [0.4, 0.5) is 0 Å². The van der Waals surface area contributed by atoms with E-state index in [0.29, 0.717) is 5.69 Å². The Bertz CT molecular complexity index is 292. The van der Waals surface area contributed by atoms with Crippen molar-refractivity contribution in [2.24, 2.45) is 0 Å². The van der Waals surface area contributed by atoms with Crippen molar-refractivity contribution in [3.05, 3.63) is 28.0 Å². The van der Waals surface area contributed by atoms with Crippen molar-refractivity contribution in [3.63, 3.8) is 0 Å². The molecule has 0 spiro atoms. The molecule has 4 heteroatoms. The number of halogens is 1. The fourth-order valence-corrected chi connectivity index (χ4v) is 1.53. The van der Waals surface area contributed by atoms with Crippen LogP contribution in [-0.4, -0.2) is 16.1 Å². The molecule has 1 heterocycles. The van der Waals surface area contributed by atoms with Crippen LogP contribution in [0.1, 0.15) is 11.4 Å². The van der Waals surface area contributed by atoms with Crippen molar-refractivity contribution in [3.8, 4) is 0 Å². The summed E-state index contributed by atoms with van der Waals surface area (Å²) in [7, 11) is 0. The van der Waals surface area contributed by atoms with Gasteiger partial charge in [-0.2, -0.15) is 0 Å². The number of rotatable bonds is 2. The smallest absolute Gasteiger partial charge is 0.309 e. The number of aryl methyl sites for hydroxylation is 1. The molecule has 64 valence electrons. The van der Waals surface area contributed by atoms with E-state index in [9.17, 15) is 4.79 Å². The number of pyridine rings is 1. The number of aromatic nitrogens is 1. The molecule has 3 nitrogen and oxygen atoms in total. The van der Waals surface area contributed by atoms with Crippen molar-refractivity contribution in [2.75, 3.05) is 0 Å². The molecule has 1 aromatic rings. The Kier molecular flexibility index (Phi) is 2.81. The molecule has 0 saturated carbocycles. The van der Waals surface area contributed by atoms with E-state index in [2.05, 4.69) is 20.9 Å². The lowest BCUT2D eigenvalue weighted by atomic mass is 10.2. The van der Waals surface area contributed by atoms with Gasteiger partial charge in [0.05, 0.1) is 12.1 Å². The van der Waals surface area contributed by atoms with Gasteiger partial charge in [0.25, 0.3) is 0 Å². The first-order chi connectivity index (χ1) is 5.58. The van der Waals surface area contributed by atoms with E-state index in [0.717, 1.165) is 10.2 Å². The van der Waals surface area contributed by atoms with Crippen molar-refractivity contribution in [1.82, 2.24) is 4.98 Å². The van der Waals surface area contributed by atoms with Crippen molar-refractivity contribution >= 4 is 21.9 Å². The second-order valence-electron chi connectivity index (χ2n) is 2.49. The van der Waals surface area contributed by atoms with Gasteiger partial charge < -0.3 is 5.11 Å². The van der Waals surface area contributed by atoms with Crippen LogP contribution < -0.4 is 0 Å². The SMILES string of the molecule is Cc1cc(Br)cc(CC(=O)O)n1. The molecule has 0 saturated heterocycles. The zero-order valence-electron chi connectivity index (χ0n) is 6.54. The summed E-state index contributed by atoms with van der Waals surface area (Å²) in [5, 5.41) is 8.49. The average molecular weight is 230 g/mol. The molecular formula is C8H8BrNO2. The molecule has 12 heavy (non-hydrogen) atoms. The Hall–Kier alpha value is -0.900. The normalized spacial score (nSPS) is 9.83. The largest absolute Gasteiger partial charge is 0.481 e. The molecule has 1 N–H and O–H groups in total. The Balaban J connectivity index is 2.93. The highest BCUT2D eigenvalue weighted by Gasteiger charge is 2.02. The minimum Gasteiger partial charge on any atom is -0.481 e. The van der Waals surface area contributed by atoms with Crippen LogP contribution in [-0.2, 0) is 11.2 Å². The molecule has 0 aliphatic heterocycles. The van der Waals surface area contributed by atoms with Crippen LogP contribution >= 0.6 is 15.9 Å². The lowest BCUT2D eigenvalue weighted by Crippen LogP contribution is -2.02. The number of hydrogen-bond donors (Lipinski definition) is 1. The van der Waals surface area contributed by atoms with E-state index in [4.69, 9.17) is 5.11 Å². The third kappa shape index (κ3) is 2.62. The lowest BCUT2D eigenvalue weighted by Gasteiger charge is -1.99. The van der Waals surface area contributed by atoms with Gasteiger partial charge in [-0.05, 0) is 19.1 Å².